The van der Waals surface area contributed by atoms with Crippen molar-refractivity contribution in [3.8, 4) is 0 Å². The molecule has 2 amide bonds. The van der Waals surface area contributed by atoms with Crippen LogP contribution in [0.2, 0.25) is 0 Å². The largest absolute Gasteiger partial charge is 0.480 e. The second kappa shape index (κ2) is 26.3. The maximum absolute atomic E-state index is 12.6. The van der Waals surface area contributed by atoms with Crippen LogP contribution < -0.4 is 10.6 Å². The van der Waals surface area contributed by atoms with Crippen molar-refractivity contribution in [1.29, 1.82) is 0 Å². The molecule has 1 aliphatic heterocycles. The van der Waals surface area contributed by atoms with E-state index in [1.807, 2.05) is 6.07 Å². The van der Waals surface area contributed by atoms with Crippen molar-refractivity contribution in [2.24, 2.45) is 0 Å². The molecule has 0 aromatic carbocycles. The summed E-state index contributed by atoms with van der Waals surface area (Å²) in [5, 5.41) is 15.1. The molecule has 1 aromatic rings. The van der Waals surface area contributed by atoms with E-state index in [1.165, 1.54) is 6.20 Å². The molecule has 47 heavy (non-hydrogen) atoms. The highest BCUT2D eigenvalue weighted by molar-refractivity contribution is 5.96. The molecule has 9 nitrogen and oxygen atoms in total. The van der Waals surface area contributed by atoms with Gasteiger partial charge < -0.3 is 20.5 Å². The monoisotopic (exact) mass is 648 g/mol. The van der Waals surface area contributed by atoms with Crippen LogP contribution in [0.15, 0.2) is 79.1 Å². The Morgan fingerprint density at radius 2 is 1.53 bits per heavy atom. The molecule has 2 rings (SSSR count). The first kappa shape index (κ1) is 39.4. The minimum atomic E-state index is -1.08. The first-order valence-electron chi connectivity index (χ1n) is 17.3. The normalized spacial score (nSPS) is 15.0. The number of amides is 2. The summed E-state index contributed by atoms with van der Waals surface area (Å²) in [6, 6.07) is 2.51. The Balaban J connectivity index is 1.50. The minimum absolute atomic E-state index is 0.00123. The number of aliphatic carboxylic acids is 1. The number of allylic oxidation sites excluding steroid dienone is 10. The number of pyridine rings is 1. The molecule has 0 saturated carbocycles. The number of carboxylic acid groups (broad SMARTS) is 1. The van der Waals surface area contributed by atoms with Gasteiger partial charge in [0.05, 0.1) is 18.8 Å². The van der Waals surface area contributed by atoms with E-state index in [0.29, 0.717) is 31.4 Å². The molecule has 0 bridgehead atoms. The van der Waals surface area contributed by atoms with Gasteiger partial charge in [0.25, 0.3) is 5.91 Å². The zero-order chi connectivity index (χ0) is 33.8. The van der Waals surface area contributed by atoms with Gasteiger partial charge in [-0.15, -0.1) is 0 Å². The van der Waals surface area contributed by atoms with E-state index in [9.17, 15) is 19.5 Å². The minimum Gasteiger partial charge on any atom is -0.480 e. The number of carbonyl (C=O) groups excluding carboxylic acids is 2. The van der Waals surface area contributed by atoms with Crippen LogP contribution in [0.25, 0.3) is 0 Å². The molecule has 1 aromatic heterocycles. The maximum Gasteiger partial charge on any atom is 0.326 e. The highest BCUT2D eigenvalue weighted by Gasteiger charge is 2.20. The van der Waals surface area contributed by atoms with Gasteiger partial charge in [-0.25, -0.2) is 4.79 Å². The lowest BCUT2D eigenvalue weighted by Gasteiger charge is -2.26. The van der Waals surface area contributed by atoms with Gasteiger partial charge >= 0.3 is 5.97 Å². The zero-order valence-corrected chi connectivity index (χ0v) is 28.3. The van der Waals surface area contributed by atoms with Crippen molar-refractivity contribution in [3.05, 3.63) is 90.3 Å². The lowest BCUT2D eigenvalue weighted by atomic mass is 10.1. The number of carboxylic acids is 1. The quantitative estimate of drug-likeness (QED) is 0.0883. The average molecular weight is 649 g/mol. The van der Waals surface area contributed by atoms with E-state index in [4.69, 9.17) is 4.74 Å². The van der Waals surface area contributed by atoms with Crippen LogP contribution in [-0.4, -0.2) is 78.2 Å². The summed E-state index contributed by atoms with van der Waals surface area (Å²) in [4.78, 5) is 43.2. The van der Waals surface area contributed by atoms with Crippen molar-refractivity contribution in [2.45, 2.75) is 90.0 Å². The Kier molecular flexibility index (Phi) is 22.0. The maximum atomic E-state index is 12.6. The summed E-state index contributed by atoms with van der Waals surface area (Å²) < 4.78 is 5.37. The first-order chi connectivity index (χ1) is 23.0. The molecule has 0 unspecified atom stereocenters. The average Bonchev–Trinajstić information content (AvgIpc) is 3.08. The summed E-state index contributed by atoms with van der Waals surface area (Å²) in [5.74, 6) is -1.53. The predicted molar refractivity (Wildman–Crippen MR) is 189 cm³/mol. The number of hydrogen-bond acceptors (Lipinski definition) is 6. The van der Waals surface area contributed by atoms with E-state index in [-0.39, 0.29) is 12.3 Å². The second-order valence-electron chi connectivity index (χ2n) is 11.6. The molecule has 2 heterocycles. The molecule has 0 spiro atoms. The van der Waals surface area contributed by atoms with Crippen LogP contribution in [0, 0.1) is 0 Å². The van der Waals surface area contributed by atoms with Gasteiger partial charge in [0.1, 0.15) is 6.04 Å². The van der Waals surface area contributed by atoms with Crippen molar-refractivity contribution in [3.63, 3.8) is 0 Å². The van der Waals surface area contributed by atoms with Crippen LogP contribution in [0.5, 0.6) is 0 Å². The van der Waals surface area contributed by atoms with E-state index in [1.54, 1.807) is 6.07 Å². The number of nitrogens with zero attached hydrogens (tertiary/aromatic N) is 2. The van der Waals surface area contributed by atoms with Gasteiger partial charge in [-0.1, -0.05) is 67.7 Å². The lowest BCUT2D eigenvalue weighted by Crippen LogP contribution is -2.41. The van der Waals surface area contributed by atoms with Crippen LogP contribution in [0.3, 0.4) is 0 Å². The summed E-state index contributed by atoms with van der Waals surface area (Å²) >= 11 is 0. The number of morpholine rings is 1. The Bertz CT molecular complexity index is 1170. The fraction of sp³-hybridized carbons (Fsp3) is 0.526. The second-order valence-corrected chi connectivity index (χ2v) is 11.6. The van der Waals surface area contributed by atoms with Crippen LogP contribution in [0.1, 0.15) is 93.6 Å². The number of hydrogen-bond donors (Lipinski definition) is 3. The number of aromatic nitrogens is 1. The molecular weight excluding hydrogens is 592 g/mol. The molecule has 1 fully saturated rings. The number of nitrogens with one attached hydrogen (secondary N) is 2. The number of carbonyl (C=O) groups is 3. The van der Waals surface area contributed by atoms with Crippen LogP contribution >= 0.6 is 0 Å². The van der Waals surface area contributed by atoms with E-state index >= 15 is 0 Å². The Morgan fingerprint density at radius 3 is 2.13 bits per heavy atom. The van der Waals surface area contributed by atoms with Crippen molar-refractivity contribution in [1.82, 2.24) is 20.5 Å². The summed E-state index contributed by atoms with van der Waals surface area (Å²) in [5.41, 5.74) is 1.22. The molecule has 1 atom stereocenters. The SMILES string of the molecule is CCC=CCC=CCC=CCC=CCC=CCCCC(=O)NCCCC[C@H](NC(=O)c1ccc(CCN2CCOCC2)nc1)C(=O)O. The van der Waals surface area contributed by atoms with Gasteiger partial charge in [0.15, 0.2) is 0 Å². The molecule has 1 aliphatic rings. The molecule has 0 aliphatic carbocycles. The predicted octanol–water partition coefficient (Wildman–Crippen LogP) is 6.35. The number of unbranched alkanes of at least 4 members (excludes halogenated alkanes) is 2. The first-order valence-corrected chi connectivity index (χ1v) is 17.3. The molecule has 0 radical (unpaired) electrons. The van der Waals surface area contributed by atoms with Gasteiger partial charge in [-0.2, -0.15) is 0 Å². The van der Waals surface area contributed by atoms with E-state index in [0.717, 1.165) is 89.9 Å². The van der Waals surface area contributed by atoms with Crippen molar-refractivity contribution < 1.29 is 24.2 Å². The van der Waals surface area contributed by atoms with E-state index < -0.39 is 17.9 Å². The van der Waals surface area contributed by atoms with Gasteiger partial charge in [0.2, 0.25) is 5.91 Å². The van der Waals surface area contributed by atoms with Gasteiger partial charge in [-0.05, 0) is 76.3 Å². The molecule has 1 saturated heterocycles. The topological polar surface area (TPSA) is 121 Å². The Hall–Kier alpha value is -3.82. The third kappa shape index (κ3) is 20.1. The van der Waals surface area contributed by atoms with Crippen molar-refractivity contribution >= 4 is 17.8 Å². The van der Waals surface area contributed by atoms with Gasteiger partial charge in [0, 0.05) is 50.9 Å². The third-order valence-corrected chi connectivity index (χ3v) is 7.65. The molecule has 3 N–H and O–H groups in total. The third-order valence-electron chi connectivity index (χ3n) is 7.65. The Labute approximate surface area is 281 Å². The summed E-state index contributed by atoms with van der Waals surface area (Å²) in [6.45, 7) is 6.83. The van der Waals surface area contributed by atoms with Gasteiger partial charge in [-0.3, -0.25) is 19.5 Å². The fourth-order valence-electron chi connectivity index (χ4n) is 4.84. The van der Waals surface area contributed by atoms with Crippen LogP contribution in [-0.2, 0) is 20.7 Å². The summed E-state index contributed by atoms with van der Waals surface area (Å²) in [7, 11) is 0. The Morgan fingerprint density at radius 1 is 0.894 bits per heavy atom. The molecule has 9 heteroatoms. The highest BCUT2D eigenvalue weighted by atomic mass is 16.5. The fourth-order valence-corrected chi connectivity index (χ4v) is 4.84. The van der Waals surface area contributed by atoms with Crippen molar-refractivity contribution in [2.75, 3.05) is 39.4 Å². The van der Waals surface area contributed by atoms with E-state index in [2.05, 4.69) is 88.2 Å². The molecular formula is C38H56N4O5. The molecule has 258 valence electrons. The zero-order valence-electron chi connectivity index (χ0n) is 28.3. The highest BCUT2D eigenvalue weighted by Crippen LogP contribution is 2.07. The summed E-state index contributed by atoms with van der Waals surface area (Å²) in [6.07, 6.45) is 32.4. The van der Waals surface area contributed by atoms with Crippen LogP contribution in [0.4, 0.5) is 0 Å². The standard InChI is InChI=1S/C38H56N4O5/c1-2-3-4-5-6-7-8-9-10-11-12-13-14-15-16-17-18-22-36(43)39-26-20-19-21-35(38(45)46)41-37(44)33-23-24-34(40-32-33)25-27-42-28-30-47-31-29-42/h3-4,6-7,9-10,12-13,15-16,23-24,32,35H,2,5,8,11,14,17-22,25-31H2,1H3,(H,39,43)(H,41,44)(H,45,46)/t35-/m0/s1. The number of ether oxygens (including phenoxy) is 1. The number of rotatable bonds is 24. The smallest absolute Gasteiger partial charge is 0.326 e. The lowest BCUT2D eigenvalue weighted by molar-refractivity contribution is -0.139.